The lowest BCUT2D eigenvalue weighted by Gasteiger charge is -2.12. The van der Waals surface area contributed by atoms with Gasteiger partial charge in [0.1, 0.15) is 17.3 Å². The molecule has 6 heteroatoms. The molecule has 1 aromatic rings. The maximum absolute atomic E-state index is 13.7. The highest BCUT2D eigenvalue weighted by Gasteiger charge is 2.18. The maximum atomic E-state index is 13.7. The van der Waals surface area contributed by atoms with E-state index in [0.717, 1.165) is 25.0 Å². The Labute approximate surface area is 116 Å². The molecule has 20 heavy (non-hydrogen) atoms. The molecule has 2 rings (SSSR count). The molecule has 1 aromatic carbocycles. The number of halogens is 2. The zero-order chi connectivity index (χ0) is 14.5. The molecule has 1 saturated heterocycles. The Morgan fingerprint density at radius 2 is 2.10 bits per heavy atom. The first-order valence-electron chi connectivity index (χ1n) is 6.74. The fourth-order valence-electron chi connectivity index (χ4n) is 2.16. The molecule has 0 bridgehead atoms. The minimum Gasteiger partial charge on any atom is -0.381 e. The monoisotopic (exact) mass is 284 g/mol. The van der Waals surface area contributed by atoms with Crippen LogP contribution in [0.5, 0.6) is 0 Å². The van der Waals surface area contributed by atoms with E-state index in [2.05, 4.69) is 10.6 Å². The molecule has 0 aliphatic carbocycles. The van der Waals surface area contributed by atoms with Crippen LogP contribution < -0.4 is 10.6 Å². The number of carbonyl (C=O) groups excluding carboxylic acids is 1. The molecule has 1 unspecified atom stereocenters. The molecule has 1 fully saturated rings. The van der Waals surface area contributed by atoms with Crippen LogP contribution in [-0.4, -0.2) is 31.7 Å². The van der Waals surface area contributed by atoms with Gasteiger partial charge in [-0.15, -0.1) is 0 Å². The molecule has 2 N–H and O–H groups in total. The lowest BCUT2D eigenvalue weighted by molar-refractivity contribution is 0.0857. The molecule has 0 saturated carbocycles. The predicted molar refractivity (Wildman–Crippen MR) is 71.8 cm³/mol. The highest BCUT2D eigenvalue weighted by molar-refractivity contribution is 5.94. The molecule has 0 aromatic heterocycles. The number of anilines is 1. The van der Waals surface area contributed by atoms with Gasteiger partial charge in [-0.1, -0.05) is 0 Å². The molecule has 0 spiro atoms. The van der Waals surface area contributed by atoms with E-state index in [1.165, 1.54) is 0 Å². The number of nitrogens with one attached hydrogen (secondary N) is 2. The standard InChI is InChI=1S/C14H18F2N2O2/c1-2-17-13-11(15)6-9(7-12(13)16)14(19)18-8-10-4-3-5-20-10/h6-7,10,17H,2-5,8H2,1H3,(H,18,19). The van der Waals surface area contributed by atoms with Crippen LogP contribution >= 0.6 is 0 Å². The van der Waals surface area contributed by atoms with Gasteiger partial charge in [0.05, 0.1) is 6.10 Å². The Balaban J connectivity index is 2.02. The van der Waals surface area contributed by atoms with Gasteiger partial charge in [-0.25, -0.2) is 8.78 Å². The fourth-order valence-corrected chi connectivity index (χ4v) is 2.16. The summed E-state index contributed by atoms with van der Waals surface area (Å²) in [7, 11) is 0. The van der Waals surface area contributed by atoms with Crippen molar-refractivity contribution in [3.8, 4) is 0 Å². The van der Waals surface area contributed by atoms with Gasteiger partial charge >= 0.3 is 0 Å². The van der Waals surface area contributed by atoms with Crippen molar-refractivity contribution in [2.24, 2.45) is 0 Å². The van der Waals surface area contributed by atoms with Crippen LogP contribution in [0.25, 0.3) is 0 Å². The van der Waals surface area contributed by atoms with Crippen molar-refractivity contribution in [2.45, 2.75) is 25.9 Å². The van der Waals surface area contributed by atoms with Crippen LogP contribution in [0, 0.1) is 11.6 Å². The van der Waals surface area contributed by atoms with E-state index >= 15 is 0 Å². The van der Waals surface area contributed by atoms with Gasteiger partial charge in [0, 0.05) is 25.3 Å². The summed E-state index contributed by atoms with van der Waals surface area (Å²) >= 11 is 0. The zero-order valence-corrected chi connectivity index (χ0v) is 11.3. The topological polar surface area (TPSA) is 50.4 Å². The number of benzene rings is 1. The van der Waals surface area contributed by atoms with E-state index in [-0.39, 0.29) is 17.4 Å². The van der Waals surface area contributed by atoms with Crippen molar-refractivity contribution in [3.05, 3.63) is 29.3 Å². The summed E-state index contributed by atoms with van der Waals surface area (Å²) in [6.45, 7) is 3.19. The SMILES string of the molecule is CCNc1c(F)cc(C(=O)NCC2CCCO2)cc1F. The first-order valence-corrected chi connectivity index (χ1v) is 6.74. The van der Waals surface area contributed by atoms with Crippen LogP contribution in [0.3, 0.4) is 0 Å². The highest BCUT2D eigenvalue weighted by Crippen LogP contribution is 2.20. The Hall–Kier alpha value is -1.69. The van der Waals surface area contributed by atoms with Gasteiger partial charge in [-0.05, 0) is 31.9 Å². The molecule has 1 aliphatic heterocycles. The van der Waals surface area contributed by atoms with Gasteiger partial charge in [-0.3, -0.25) is 4.79 Å². The van der Waals surface area contributed by atoms with Gasteiger partial charge in [0.25, 0.3) is 5.91 Å². The fraction of sp³-hybridized carbons (Fsp3) is 0.500. The molecule has 1 amide bonds. The molecule has 4 nitrogen and oxygen atoms in total. The van der Waals surface area contributed by atoms with E-state index < -0.39 is 17.5 Å². The molecule has 1 aliphatic rings. The summed E-state index contributed by atoms with van der Waals surface area (Å²) < 4.78 is 32.7. The number of hydrogen-bond acceptors (Lipinski definition) is 3. The predicted octanol–water partition coefficient (Wildman–Crippen LogP) is 2.31. The van der Waals surface area contributed by atoms with Crippen molar-refractivity contribution in [3.63, 3.8) is 0 Å². The minimum absolute atomic E-state index is 0.00493. The quantitative estimate of drug-likeness (QED) is 0.872. The second-order valence-corrected chi connectivity index (χ2v) is 4.69. The van der Waals surface area contributed by atoms with Crippen molar-refractivity contribution in [1.29, 1.82) is 0 Å². The van der Waals surface area contributed by atoms with E-state index in [1.54, 1.807) is 6.92 Å². The maximum Gasteiger partial charge on any atom is 0.251 e. The average molecular weight is 284 g/mol. The van der Waals surface area contributed by atoms with Crippen LogP contribution in [-0.2, 0) is 4.74 Å². The van der Waals surface area contributed by atoms with E-state index in [9.17, 15) is 13.6 Å². The minimum atomic E-state index is -0.769. The number of amides is 1. The third-order valence-electron chi connectivity index (χ3n) is 3.17. The molecular weight excluding hydrogens is 266 g/mol. The Kier molecular flexibility index (Phi) is 4.89. The molecule has 1 atom stereocenters. The van der Waals surface area contributed by atoms with Crippen molar-refractivity contribution >= 4 is 11.6 Å². The normalized spacial score (nSPS) is 18.1. The van der Waals surface area contributed by atoms with Crippen molar-refractivity contribution in [1.82, 2.24) is 5.32 Å². The number of rotatable bonds is 5. The first-order chi connectivity index (χ1) is 9.61. The van der Waals surface area contributed by atoms with Crippen LogP contribution in [0.1, 0.15) is 30.1 Å². The van der Waals surface area contributed by atoms with Gasteiger partial charge < -0.3 is 15.4 Å². The van der Waals surface area contributed by atoms with Crippen LogP contribution in [0.2, 0.25) is 0 Å². The van der Waals surface area contributed by atoms with E-state index in [4.69, 9.17) is 4.74 Å². The largest absolute Gasteiger partial charge is 0.381 e. The summed E-state index contributed by atoms with van der Waals surface area (Å²) in [5.74, 6) is -2.04. The summed E-state index contributed by atoms with van der Waals surface area (Å²) in [6.07, 6.45) is 1.86. The first kappa shape index (κ1) is 14.7. The van der Waals surface area contributed by atoms with Crippen molar-refractivity contribution < 1.29 is 18.3 Å². The molecular formula is C14H18F2N2O2. The second kappa shape index (κ2) is 6.65. The van der Waals surface area contributed by atoms with Gasteiger partial charge in [-0.2, -0.15) is 0 Å². The van der Waals surface area contributed by atoms with Crippen LogP contribution in [0.15, 0.2) is 12.1 Å². The van der Waals surface area contributed by atoms with Crippen molar-refractivity contribution in [2.75, 3.05) is 25.0 Å². The third-order valence-corrected chi connectivity index (χ3v) is 3.17. The van der Waals surface area contributed by atoms with Gasteiger partial charge in [0.2, 0.25) is 0 Å². The molecule has 110 valence electrons. The molecule has 1 heterocycles. The number of carbonyl (C=O) groups is 1. The zero-order valence-electron chi connectivity index (χ0n) is 11.3. The second-order valence-electron chi connectivity index (χ2n) is 4.69. The average Bonchev–Trinajstić information content (AvgIpc) is 2.93. The Morgan fingerprint density at radius 3 is 2.65 bits per heavy atom. The smallest absolute Gasteiger partial charge is 0.251 e. The van der Waals surface area contributed by atoms with E-state index in [1.807, 2.05) is 0 Å². The van der Waals surface area contributed by atoms with Crippen LogP contribution in [0.4, 0.5) is 14.5 Å². The van der Waals surface area contributed by atoms with Gasteiger partial charge in [0.15, 0.2) is 0 Å². The third kappa shape index (κ3) is 3.45. The molecule has 0 radical (unpaired) electrons. The lowest BCUT2D eigenvalue weighted by atomic mass is 10.1. The van der Waals surface area contributed by atoms with E-state index in [0.29, 0.717) is 19.7 Å². The Bertz CT molecular complexity index is 465. The summed E-state index contributed by atoms with van der Waals surface area (Å²) in [5, 5.41) is 5.21. The lowest BCUT2D eigenvalue weighted by Crippen LogP contribution is -2.31. The Morgan fingerprint density at radius 1 is 1.40 bits per heavy atom. The number of ether oxygens (including phenoxy) is 1. The highest BCUT2D eigenvalue weighted by atomic mass is 19.1. The summed E-state index contributed by atoms with van der Waals surface area (Å²) in [5.41, 5.74) is -0.233. The number of hydrogen-bond donors (Lipinski definition) is 2. The summed E-state index contributed by atoms with van der Waals surface area (Å²) in [6, 6.07) is 2.07. The summed E-state index contributed by atoms with van der Waals surface area (Å²) in [4.78, 5) is 11.9.